The molecule has 10 heteroatoms. The summed E-state index contributed by atoms with van der Waals surface area (Å²) >= 11 is 0. The average molecular weight is 486 g/mol. The Bertz CT molecular complexity index is 1120. The molecule has 2 aromatic rings. The third-order valence-electron chi connectivity index (χ3n) is 7.27. The van der Waals surface area contributed by atoms with Crippen molar-refractivity contribution in [1.29, 1.82) is 0 Å². The van der Waals surface area contributed by atoms with Crippen molar-refractivity contribution in [3.8, 4) is 0 Å². The molecule has 3 aliphatic carbocycles. The lowest BCUT2D eigenvalue weighted by Gasteiger charge is -2.61. The van der Waals surface area contributed by atoms with Crippen LogP contribution in [-0.2, 0) is 30.1 Å². The van der Waals surface area contributed by atoms with Crippen LogP contribution in [0.4, 0.5) is 42.1 Å². The van der Waals surface area contributed by atoms with Crippen LogP contribution < -0.4 is 10.2 Å². The maximum atomic E-state index is 14.2. The van der Waals surface area contributed by atoms with E-state index in [1.54, 1.807) is 4.90 Å². The third kappa shape index (κ3) is 4.01. The van der Waals surface area contributed by atoms with E-state index < -0.39 is 40.9 Å². The first kappa shape index (κ1) is 23.0. The minimum absolute atomic E-state index is 0.0759. The number of carbonyl (C=O) groups is 1. The number of alkyl halides is 6. The molecule has 0 radical (unpaired) electrons. The van der Waals surface area contributed by atoms with Crippen LogP contribution in [0.3, 0.4) is 0 Å². The molecule has 2 aromatic carbocycles. The molecule has 0 spiro atoms. The maximum absolute atomic E-state index is 14.2. The van der Waals surface area contributed by atoms with Gasteiger partial charge in [0.15, 0.2) is 0 Å². The van der Waals surface area contributed by atoms with Crippen LogP contribution in [-0.4, -0.2) is 12.5 Å². The molecule has 1 aliphatic heterocycles. The number of benzene rings is 2. The Balaban J connectivity index is 1.54. The van der Waals surface area contributed by atoms with E-state index in [1.165, 1.54) is 24.3 Å². The zero-order valence-electron chi connectivity index (χ0n) is 17.9. The number of nitrogens with zero attached hydrogens (tertiary/aromatic N) is 1. The van der Waals surface area contributed by atoms with Gasteiger partial charge in [0, 0.05) is 25.2 Å². The fraction of sp³-hybridized carbons (Fsp3) is 0.458. The summed E-state index contributed by atoms with van der Waals surface area (Å²) in [5, 5.41) is 2.01. The van der Waals surface area contributed by atoms with E-state index in [2.05, 4.69) is 0 Å². The molecule has 1 amide bonds. The van der Waals surface area contributed by atoms with Gasteiger partial charge in [-0.1, -0.05) is 0 Å². The van der Waals surface area contributed by atoms with E-state index in [4.69, 9.17) is 0 Å². The second-order valence-electron chi connectivity index (χ2n) is 9.66. The molecule has 1 heterocycles. The molecule has 3 fully saturated rings. The zero-order valence-corrected chi connectivity index (χ0v) is 17.9. The van der Waals surface area contributed by atoms with Crippen molar-refractivity contribution in [2.75, 3.05) is 16.8 Å². The molecule has 0 unspecified atom stereocenters. The highest BCUT2D eigenvalue weighted by Gasteiger charge is 2.57. The third-order valence-corrected chi connectivity index (χ3v) is 7.27. The summed E-state index contributed by atoms with van der Waals surface area (Å²) in [5.74, 6) is -0.797. The molecule has 3 nitrogen and oxygen atoms in total. The maximum Gasteiger partial charge on any atom is 0.418 e. The lowest BCUT2D eigenvalue weighted by Crippen LogP contribution is -2.53. The number of carbonyl (C=O) groups excluding carboxylic acids is 1. The zero-order chi connectivity index (χ0) is 24.5. The number of amides is 1. The molecule has 0 saturated heterocycles. The highest BCUT2D eigenvalue weighted by Crippen LogP contribution is 2.66. The number of halogens is 7. The summed E-state index contributed by atoms with van der Waals surface area (Å²) in [4.78, 5) is 14.2. The van der Waals surface area contributed by atoms with Gasteiger partial charge in [-0.25, -0.2) is 4.39 Å². The number of hydrogen-bond acceptors (Lipinski definition) is 2. The normalized spacial score (nSPS) is 23.6. The molecule has 1 N–H and O–H groups in total. The number of fused-ring (bicyclic) bond motifs is 1. The van der Waals surface area contributed by atoms with Crippen LogP contribution >= 0.6 is 0 Å². The molecule has 6 rings (SSSR count). The summed E-state index contributed by atoms with van der Waals surface area (Å²) in [6.45, 7) is -0.100. The van der Waals surface area contributed by atoms with Crippen LogP contribution in [0.15, 0.2) is 30.3 Å². The second-order valence-corrected chi connectivity index (χ2v) is 9.66. The lowest BCUT2D eigenvalue weighted by atomic mass is 9.43. The van der Waals surface area contributed by atoms with E-state index >= 15 is 0 Å². The number of nitrogens with one attached hydrogen (secondary N) is 1. The van der Waals surface area contributed by atoms with Crippen molar-refractivity contribution in [2.45, 2.75) is 51.0 Å². The number of hydrogen-bond donors (Lipinski definition) is 1. The highest BCUT2D eigenvalue weighted by molar-refractivity contribution is 5.94. The van der Waals surface area contributed by atoms with Crippen LogP contribution in [0.5, 0.6) is 0 Å². The average Bonchev–Trinajstić information content (AvgIpc) is 2.67. The van der Waals surface area contributed by atoms with E-state index in [0.717, 1.165) is 19.3 Å². The van der Waals surface area contributed by atoms with E-state index in [-0.39, 0.29) is 42.5 Å². The van der Waals surface area contributed by atoms with Gasteiger partial charge >= 0.3 is 12.4 Å². The molecular weight excluding hydrogens is 465 g/mol. The van der Waals surface area contributed by atoms with Crippen LogP contribution in [0.25, 0.3) is 0 Å². The Hall–Kier alpha value is -2.78. The Morgan fingerprint density at radius 2 is 1.68 bits per heavy atom. The predicted molar refractivity (Wildman–Crippen MR) is 111 cm³/mol. The van der Waals surface area contributed by atoms with E-state index in [1.807, 2.05) is 5.32 Å². The summed E-state index contributed by atoms with van der Waals surface area (Å²) < 4.78 is 97.6. The first-order valence-electron chi connectivity index (χ1n) is 11.0. The summed E-state index contributed by atoms with van der Waals surface area (Å²) in [6.07, 6.45) is -8.07. The first-order chi connectivity index (χ1) is 15.8. The van der Waals surface area contributed by atoms with Crippen molar-refractivity contribution in [2.24, 2.45) is 11.3 Å². The molecule has 0 atom stereocenters. The number of rotatable bonds is 4. The van der Waals surface area contributed by atoms with Gasteiger partial charge in [-0.15, -0.1) is 0 Å². The lowest BCUT2D eigenvalue weighted by molar-refractivity contribution is -0.142. The van der Waals surface area contributed by atoms with Crippen molar-refractivity contribution < 1.29 is 35.5 Å². The van der Waals surface area contributed by atoms with Gasteiger partial charge in [0.25, 0.3) is 0 Å². The molecule has 4 aliphatic rings. The van der Waals surface area contributed by atoms with Crippen molar-refractivity contribution >= 4 is 17.3 Å². The number of anilines is 2. The molecule has 182 valence electrons. The Labute approximate surface area is 190 Å². The summed E-state index contributed by atoms with van der Waals surface area (Å²) in [5.41, 5.74) is -4.29. The van der Waals surface area contributed by atoms with Gasteiger partial charge in [-0.3, -0.25) is 4.79 Å². The molecule has 34 heavy (non-hydrogen) atoms. The minimum atomic E-state index is -5.11. The summed E-state index contributed by atoms with van der Waals surface area (Å²) in [6, 6.07) is 5.91. The van der Waals surface area contributed by atoms with E-state index in [0.29, 0.717) is 17.7 Å². The molecule has 2 bridgehead atoms. The second kappa shape index (κ2) is 7.61. The van der Waals surface area contributed by atoms with Gasteiger partial charge in [0.1, 0.15) is 5.82 Å². The Morgan fingerprint density at radius 3 is 2.21 bits per heavy atom. The van der Waals surface area contributed by atoms with Gasteiger partial charge < -0.3 is 10.2 Å². The molecular formula is C24H21F7N2O. The highest BCUT2D eigenvalue weighted by atomic mass is 19.4. The van der Waals surface area contributed by atoms with Gasteiger partial charge in [-0.2, -0.15) is 26.3 Å². The molecule has 3 saturated carbocycles. The van der Waals surface area contributed by atoms with Crippen LogP contribution in [0.1, 0.15) is 47.9 Å². The fourth-order valence-electron chi connectivity index (χ4n) is 5.67. The molecule has 0 aromatic heterocycles. The van der Waals surface area contributed by atoms with Crippen LogP contribution in [0.2, 0.25) is 0 Å². The standard InChI is InChI=1S/C24H21F7N2O/c25-15-1-3-16(4-2-15)33-6-5-17-14(12-33)7-18(23(26,27)28)21(20(17)24(29,30)31)32-19(34)11-22-8-13(9-22)10-22/h1-4,7,13H,5-6,8-12H2,(H,32,34). The van der Waals surface area contributed by atoms with Crippen molar-refractivity contribution in [3.05, 3.63) is 58.4 Å². The van der Waals surface area contributed by atoms with Crippen molar-refractivity contribution in [1.82, 2.24) is 0 Å². The monoisotopic (exact) mass is 486 g/mol. The fourth-order valence-corrected chi connectivity index (χ4v) is 5.67. The Morgan fingerprint density at radius 1 is 1.03 bits per heavy atom. The smallest absolute Gasteiger partial charge is 0.367 e. The van der Waals surface area contributed by atoms with Gasteiger partial charge in [0.05, 0.1) is 16.8 Å². The largest absolute Gasteiger partial charge is 0.418 e. The first-order valence-corrected chi connectivity index (χ1v) is 11.0. The topological polar surface area (TPSA) is 32.3 Å². The Kier molecular flexibility index (Phi) is 5.15. The van der Waals surface area contributed by atoms with Gasteiger partial charge in [0.2, 0.25) is 5.91 Å². The van der Waals surface area contributed by atoms with Gasteiger partial charge in [-0.05, 0) is 78.5 Å². The van der Waals surface area contributed by atoms with Crippen molar-refractivity contribution in [3.63, 3.8) is 0 Å². The predicted octanol–water partition coefficient (Wildman–Crippen LogP) is 6.55. The summed E-state index contributed by atoms with van der Waals surface area (Å²) in [7, 11) is 0. The minimum Gasteiger partial charge on any atom is -0.367 e. The SMILES string of the molecule is O=C(CC12CC(C1)C2)Nc1c(C(F)(F)F)cc2c(c1C(F)(F)F)CCN(c1ccc(F)cc1)C2. The van der Waals surface area contributed by atoms with E-state index in [9.17, 15) is 35.5 Å². The van der Waals surface area contributed by atoms with Crippen LogP contribution in [0, 0.1) is 17.2 Å². The quantitative estimate of drug-likeness (QED) is 0.497.